The Balaban J connectivity index is 2.15. The molecule has 0 amide bonds. The van der Waals surface area contributed by atoms with Crippen LogP contribution in [-0.2, 0) is 11.5 Å². The molecule has 0 saturated carbocycles. The van der Waals surface area contributed by atoms with E-state index in [-0.39, 0.29) is 17.1 Å². The van der Waals surface area contributed by atoms with E-state index in [9.17, 15) is 15.0 Å². The highest BCUT2D eigenvalue weighted by atomic mass is 32.2. The van der Waals surface area contributed by atoms with Crippen molar-refractivity contribution in [1.82, 2.24) is 9.97 Å². The zero-order valence-corrected chi connectivity index (χ0v) is 10.1. The Labute approximate surface area is 107 Å². The molecule has 3 rings (SSSR count). The van der Waals surface area contributed by atoms with Crippen molar-refractivity contribution in [2.24, 2.45) is 0 Å². The van der Waals surface area contributed by atoms with Crippen LogP contribution in [0.5, 0.6) is 11.5 Å². The number of hydrogen-bond donors (Lipinski definition) is 3. The Bertz CT molecular complexity index is 682. The van der Waals surface area contributed by atoms with Crippen LogP contribution >= 0.6 is 11.8 Å². The molecule has 0 radical (unpaired) electrons. The van der Waals surface area contributed by atoms with E-state index in [1.807, 2.05) is 0 Å². The SMILES string of the molecule is O=c1[nH]c(-c2ccc(O)c(O)c2)nc2c1CSC2. The van der Waals surface area contributed by atoms with Gasteiger partial charge in [0, 0.05) is 22.6 Å². The zero-order valence-electron chi connectivity index (χ0n) is 9.30. The van der Waals surface area contributed by atoms with Gasteiger partial charge in [0.25, 0.3) is 5.56 Å². The lowest BCUT2D eigenvalue weighted by molar-refractivity contribution is 0.404. The Morgan fingerprint density at radius 3 is 2.83 bits per heavy atom. The average Bonchev–Trinajstić information content (AvgIpc) is 2.81. The summed E-state index contributed by atoms with van der Waals surface area (Å²) in [6.07, 6.45) is 0. The lowest BCUT2D eigenvalue weighted by atomic mass is 10.1. The molecule has 0 bridgehead atoms. The summed E-state index contributed by atoms with van der Waals surface area (Å²) in [5.41, 5.74) is 1.97. The van der Waals surface area contributed by atoms with Crippen molar-refractivity contribution < 1.29 is 10.2 Å². The molecule has 2 heterocycles. The number of fused-ring (bicyclic) bond motifs is 1. The van der Waals surface area contributed by atoms with Crippen LogP contribution in [0.25, 0.3) is 11.4 Å². The van der Waals surface area contributed by atoms with Gasteiger partial charge in [0.1, 0.15) is 5.82 Å². The van der Waals surface area contributed by atoms with Crippen LogP contribution in [0, 0.1) is 0 Å². The molecule has 1 aromatic carbocycles. The number of aromatic amines is 1. The van der Waals surface area contributed by atoms with E-state index in [0.717, 1.165) is 17.0 Å². The van der Waals surface area contributed by atoms with Crippen molar-refractivity contribution in [2.75, 3.05) is 0 Å². The molecule has 0 atom stereocenters. The summed E-state index contributed by atoms with van der Waals surface area (Å²) < 4.78 is 0. The highest BCUT2D eigenvalue weighted by molar-refractivity contribution is 7.98. The maximum atomic E-state index is 11.8. The van der Waals surface area contributed by atoms with Crippen molar-refractivity contribution in [2.45, 2.75) is 11.5 Å². The smallest absolute Gasteiger partial charge is 0.255 e. The van der Waals surface area contributed by atoms with Gasteiger partial charge in [0.15, 0.2) is 11.5 Å². The number of phenols is 2. The maximum Gasteiger partial charge on any atom is 0.255 e. The lowest BCUT2D eigenvalue weighted by Gasteiger charge is -2.05. The van der Waals surface area contributed by atoms with Gasteiger partial charge in [-0.25, -0.2) is 4.98 Å². The van der Waals surface area contributed by atoms with Gasteiger partial charge in [-0.3, -0.25) is 4.79 Å². The Morgan fingerprint density at radius 1 is 1.22 bits per heavy atom. The lowest BCUT2D eigenvalue weighted by Crippen LogP contribution is -2.15. The minimum absolute atomic E-state index is 0.132. The first kappa shape index (κ1) is 11.2. The van der Waals surface area contributed by atoms with Crippen LogP contribution < -0.4 is 5.56 Å². The molecule has 5 nitrogen and oxygen atoms in total. The van der Waals surface area contributed by atoms with Crippen molar-refractivity contribution in [3.05, 3.63) is 39.8 Å². The first-order chi connectivity index (χ1) is 8.65. The number of benzene rings is 1. The molecule has 1 aliphatic heterocycles. The summed E-state index contributed by atoms with van der Waals surface area (Å²) in [5, 5.41) is 18.7. The Kier molecular flexibility index (Phi) is 2.52. The molecule has 2 aromatic rings. The standard InChI is InChI=1S/C12H10N2O3S/c15-9-2-1-6(3-10(9)16)11-13-8-5-18-4-7(8)12(17)14-11/h1-3,15-16H,4-5H2,(H,13,14,17). The molecule has 6 heteroatoms. The van der Waals surface area contributed by atoms with Gasteiger partial charge in [-0.05, 0) is 18.2 Å². The molecule has 92 valence electrons. The third-order valence-corrected chi connectivity index (χ3v) is 3.81. The number of phenolic OH excluding ortho intramolecular Hbond substituents is 2. The van der Waals surface area contributed by atoms with Gasteiger partial charge in [-0.15, -0.1) is 0 Å². The summed E-state index contributed by atoms with van der Waals surface area (Å²) in [6.45, 7) is 0. The number of H-pyrrole nitrogens is 1. The normalized spacial score (nSPS) is 13.6. The maximum absolute atomic E-state index is 11.8. The second-order valence-electron chi connectivity index (χ2n) is 4.04. The van der Waals surface area contributed by atoms with Crippen molar-refractivity contribution >= 4 is 11.8 Å². The monoisotopic (exact) mass is 262 g/mol. The fourth-order valence-electron chi connectivity index (χ4n) is 1.87. The predicted molar refractivity (Wildman–Crippen MR) is 68.6 cm³/mol. The van der Waals surface area contributed by atoms with Crippen LogP contribution in [0.2, 0.25) is 0 Å². The van der Waals surface area contributed by atoms with E-state index < -0.39 is 0 Å². The van der Waals surface area contributed by atoms with E-state index in [2.05, 4.69) is 9.97 Å². The minimum atomic E-state index is -0.231. The number of rotatable bonds is 1. The topological polar surface area (TPSA) is 86.2 Å². The van der Waals surface area contributed by atoms with Crippen molar-refractivity contribution in [3.63, 3.8) is 0 Å². The fraction of sp³-hybridized carbons (Fsp3) is 0.167. The number of nitrogens with zero attached hydrogens (tertiary/aromatic N) is 1. The Morgan fingerprint density at radius 2 is 2.06 bits per heavy atom. The van der Waals surface area contributed by atoms with Gasteiger partial charge in [0.05, 0.1) is 5.69 Å². The molecular weight excluding hydrogens is 252 g/mol. The molecule has 18 heavy (non-hydrogen) atoms. The first-order valence-electron chi connectivity index (χ1n) is 5.37. The van der Waals surface area contributed by atoms with Gasteiger partial charge in [-0.1, -0.05) is 0 Å². The van der Waals surface area contributed by atoms with E-state index >= 15 is 0 Å². The third-order valence-electron chi connectivity index (χ3n) is 2.84. The van der Waals surface area contributed by atoms with E-state index in [4.69, 9.17) is 0 Å². The van der Waals surface area contributed by atoms with E-state index in [1.54, 1.807) is 17.8 Å². The molecule has 0 fully saturated rings. The van der Waals surface area contributed by atoms with Gasteiger partial charge >= 0.3 is 0 Å². The van der Waals surface area contributed by atoms with Crippen molar-refractivity contribution in [1.29, 1.82) is 0 Å². The zero-order chi connectivity index (χ0) is 12.7. The number of hydrogen-bond acceptors (Lipinski definition) is 5. The number of aromatic hydroxyl groups is 2. The Hall–Kier alpha value is -1.95. The highest BCUT2D eigenvalue weighted by Crippen LogP contribution is 2.30. The van der Waals surface area contributed by atoms with Gasteiger partial charge in [0.2, 0.25) is 0 Å². The second kappa shape index (κ2) is 4.06. The number of aromatic nitrogens is 2. The quantitative estimate of drug-likeness (QED) is 0.679. The van der Waals surface area contributed by atoms with Crippen LogP contribution in [0.1, 0.15) is 11.3 Å². The van der Waals surface area contributed by atoms with Crippen molar-refractivity contribution in [3.8, 4) is 22.9 Å². The van der Waals surface area contributed by atoms with Crippen LogP contribution in [0.4, 0.5) is 0 Å². The fourth-order valence-corrected chi connectivity index (χ4v) is 2.91. The summed E-state index contributed by atoms with van der Waals surface area (Å²) in [6, 6.07) is 4.34. The van der Waals surface area contributed by atoms with Crippen LogP contribution in [-0.4, -0.2) is 20.2 Å². The largest absolute Gasteiger partial charge is 0.504 e. The summed E-state index contributed by atoms with van der Waals surface area (Å²) in [7, 11) is 0. The predicted octanol–water partition coefficient (Wildman–Crippen LogP) is 1.59. The highest BCUT2D eigenvalue weighted by Gasteiger charge is 2.18. The van der Waals surface area contributed by atoms with Gasteiger partial charge in [-0.2, -0.15) is 11.8 Å². The molecule has 1 aromatic heterocycles. The van der Waals surface area contributed by atoms with E-state index in [1.165, 1.54) is 12.1 Å². The van der Waals surface area contributed by atoms with Crippen LogP contribution in [0.15, 0.2) is 23.0 Å². The molecule has 0 saturated heterocycles. The minimum Gasteiger partial charge on any atom is -0.504 e. The third kappa shape index (κ3) is 1.74. The van der Waals surface area contributed by atoms with Crippen LogP contribution in [0.3, 0.4) is 0 Å². The molecular formula is C12H10N2O3S. The molecule has 3 N–H and O–H groups in total. The second-order valence-corrected chi connectivity index (χ2v) is 5.02. The number of thioether (sulfide) groups is 1. The van der Waals surface area contributed by atoms with Gasteiger partial charge < -0.3 is 15.2 Å². The first-order valence-corrected chi connectivity index (χ1v) is 6.53. The average molecular weight is 262 g/mol. The summed E-state index contributed by atoms with van der Waals surface area (Å²) in [5.74, 6) is 1.41. The van der Waals surface area contributed by atoms with E-state index in [0.29, 0.717) is 17.1 Å². The molecule has 1 aliphatic rings. The molecule has 0 unspecified atom stereocenters. The summed E-state index contributed by atoms with van der Waals surface area (Å²) >= 11 is 1.65. The number of nitrogens with one attached hydrogen (secondary N) is 1. The molecule has 0 spiro atoms. The molecule has 0 aliphatic carbocycles. The summed E-state index contributed by atoms with van der Waals surface area (Å²) in [4.78, 5) is 18.9.